The summed E-state index contributed by atoms with van der Waals surface area (Å²) in [5, 5.41) is 2.93. The minimum absolute atomic E-state index is 0.00812. The number of hydrogen-bond donors (Lipinski definition) is 1. The number of carbonyl (C=O) groups excluding carboxylic acids is 1. The highest BCUT2D eigenvalue weighted by Crippen LogP contribution is 2.26. The second-order valence-electron chi connectivity index (χ2n) is 5.34. The minimum Gasteiger partial charge on any atom is -0.497 e. The number of methoxy groups -OCH3 is 1. The van der Waals surface area contributed by atoms with Crippen molar-refractivity contribution in [3.8, 4) is 11.5 Å². The van der Waals surface area contributed by atoms with Crippen molar-refractivity contribution in [2.24, 2.45) is 0 Å². The molecule has 1 aliphatic heterocycles. The molecule has 0 fully saturated rings. The van der Waals surface area contributed by atoms with Crippen LogP contribution in [0.3, 0.4) is 0 Å². The summed E-state index contributed by atoms with van der Waals surface area (Å²) in [4.78, 5) is 12.0. The van der Waals surface area contributed by atoms with Crippen molar-refractivity contribution in [3.05, 3.63) is 59.2 Å². The normalized spacial score (nSPS) is 12.4. The van der Waals surface area contributed by atoms with Crippen LogP contribution in [0.2, 0.25) is 0 Å². The highest BCUT2D eigenvalue weighted by molar-refractivity contribution is 5.78. The van der Waals surface area contributed by atoms with E-state index in [2.05, 4.69) is 11.4 Å². The first-order chi connectivity index (χ1) is 10.7. The van der Waals surface area contributed by atoms with Crippen LogP contribution in [0.5, 0.6) is 11.5 Å². The number of hydrogen-bond acceptors (Lipinski definition) is 3. The molecule has 0 atom stereocenters. The number of amides is 1. The van der Waals surface area contributed by atoms with Crippen molar-refractivity contribution in [1.29, 1.82) is 0 Å². The van der Waals surface area contributed by atoms with Crippen LogP contribution in [-0.4, -0.2) is 19.6 Å². The number of fused-ring (bicyclic) bond motifs is 1. The van der Waals surface area contributed by atoms with Gasteiger partial charge in [-0.15, -0.1) is 0 Å². The molecule has 4 nitrogen and oxygen atoms in total. The summed E-state index contributed by atoms with van der Waals surface area (Å²) in [6.07, 6.45) is 1.33. The zero-order valence-corrected chi connectivity index (χ0v) is 12.6. The zero-order chi connectivity index (χ0) is 15.4. The molecule has 0 saturated heterocycles. The summed E-state index contributed by atoms with van der Waals surface area (Å²) in [6.45, 7) is 1.26. The van der Waals surface area contributed by atoms with Crippen LogP contribution in [-0.2, 0) is 24.2 Å². The van der Waals surface area contributed by atoms with Gasteiger partial charge in [-0.2, -0.15) is 0 Å². The van der Waals surface area contributed by atoms with Crippen LogP contribution in [0, 0.1) is 0 Å². The van der Waals surface area contributed by atoms with Gasteiger partial charge in [0.15, 0.2) is 0 Å². The Labute approximate surface area is 130 Å². The van der Waals surface area contributed by atoms with Gasteiger partial charge in [-0.05, 0) is 34.9 Å². The molecule has 2 aromatic carbocycles. The van der Waals surface area contributed by atoms with E-state index < -0.39 is 0 Å². The lowest BCUT2D eigenvalue weighted by molar-refractivity contribution is -0.120. The van der Waals surface area contributed by atoms with Crippen LogP contribution in [0.1, 0.15) is 16.7 Å². The first-order valence-corrected chi connectivity index (χ1v) is 7.39. The quantitative estimate of drug-likeness (QED) is 0.922. The summed E-state index contributed by atoms with van der Waals surface area (Å²) in [6, 6.07) is 13.7. The Balaban J connectivity index is 1.53. The van der Waals surface area contributed by atoms with Gasteiger partial charge in [-0.3, -0.25) is 4.79 Å². The van der Waals surface area contributed by atoms with Crippen molar-refractivity contribution < 1.29 is 14.3 Å². The molecule has 0 aromatic heterocycles. The maximum absolute atomic E-state index is 12.0. The summed E-state index contributed by atoms with van der Waals surface area (Å²) < 4.78 is 10.6. The molecule has 0 radical (unpaired) electrons. The van der Waals surface area contributed by atoms with Gasteiger partial charge in [0.2, 0.25) is 5.91 Å². The molecule has 1 heterocycles. The molecule has 1 aliphatic rings. The third kappa shape index (κ3) is 3.39. The average molecular weight is 297 g/mol. The van der Waals surface area contributed by atoms with Crippen LogP contribution < -0.4 is 14.8 Å². The molecule has 22 heavy (non-hydrogen) atoms. The van der Waals surface area contributed by atoms with Gasteiger partial charge in [-0.25, -0.2) is 0 Å². The number of rotatable bonds is 5. The highest BCUT2D eigenvalue weighted by atomic mass is 16.5. The first kappa shape index (κ1) is 14.4. The van der Waals surface area contributed by atoms with Gasteiger partial charge in [0, 0.05) is 13.0 Å². The lowest BCUT2D eigenvalue weighted by atomic mass is 10.1. The smallest absolute Gasteiger partial charge is 0.224 e. The van der Waals surface area contributed by atoms with E-state index in [0.717, 1.165) is 35.7 Å². The molecular weight excluding hydrogens is 278 g/mol. The Bertz CT molecular complexity index is 665. The van der Waals surface area contributed by atoms with Crippen molar-refractivity contribution in [2.75, 3.05) is 13.7 Å². The maximum atomic E-state index is 12.0. The summed E-state index contributed by atoms with van der Waals surface area (Å²) in [5.41, 5.74) is 3.25. The standard InChI is InChI=1S/C18H19NO3/c1-21-16-6-3-13(4-7-16)12-19-18(20)11-14-2-5-15-8-9-22-17(15)10-14/h2-7,10H,8-9,11-12H2,1H3,(H,19,20). The number of ether oxygens (including phenoxy) is 2. The van der Waals surface area contributed by atoms with Crippen molar-refractivity contribution in [2.45, 2.75) is 19.4 Å². The van der Waals surface area contributed by atoms with Gasteiger partial charge in [-0.1, -0.05) is 24.3 Å². The van der Waals surface area contributed by atoms with Gasteiger partial charge >= 0.3 is 0 Å². The number of nitrogens with one attached hydrogen (secondary N) is 1. The van der Waals surface area contributed by atoms with E-state index in [0.29, 0.717) is 13.0 Å². The van der Waals surface area contributed by atoms with E-state index in [9.17, 15) is 4.79 Å². The molecule has 0 unspecified atom stereocenters. The van der Waals surface area contributed by atoms with Crippen LogP contribution in [0.15, 0.2) is 42.5 Å². The topological polar surface area (TPSA) is 47.6 Å². The molecule has 0 aliphatic carbocycles. The molecule has 0 spiro atoms. The molecular formula is C18H19NO3. The van der Waals surface area contributed by atoms with Gasteiger partial charge in [0.25, 0.3) is 0 Å². The maximum Gasteiger partial charge on any atom is 0.224 e. The van der Waals surface area contributed by atoms with Crippen molar-refractivity contribution in [1.82, 2.24) is 5.32 Å². The number of benzene rings is 2. The molecule has 1 amide bonds. The Kier molecular flexibility index (Phi) is 4.28. The summed E-state index contributed by atoms with van der Waals surface area (Å²) in [7, 11) is 1.64. The van der Waals surface area contributed by atoms with Gasteiger partial charge in [0.1, 0.15) is 11.5 Å². The van der Waals surface area contributed by atoms with E-state index >= 15 is 0 Å². The van der Waals surface area contributed by atoms with Gasteiger partial charge in [0.05, 0.1) is 20.1 Å². The molecule has 0 saturated carbocycles. The fourth-order valence-corrected chi connectivity index (χ4v) is 2.51. The zero-order valence-electron chi connectivity index (χ0n) is 12.6. The molecule has 2 aromatic rings. The summed E-state index contributed by atoms with van der Waals surface area (Å²) in [5.74, 6) is 1.74. The minimum atomic E-state index is 0.00812. The predicted molar refractivity (Wildman–Crippen MR) is 84.2 cm³/mol. The monoisotopic (exact) mass is 297 g/mol. The van der Waals surface area contributed by atoms with E-state index in [1.165, 1.54) is 5.56 Å². The second kappa shape index (κ2) is 6.52. The van der Waals surface area contributed by atoms with Crippen LogP contribution >= 0.6 is 0 Å². The van der Waals surface area contributed by atoms with E-state index in [1.54, 1.807) is 7.11 Å². The SMILES string of the molecule is COc1ccc(CNC(=O)Cc2ccc3c(c2)OCC3)cc1. The third-order valence-corrected chi connectivity index (χ3v) is 3.77. The largest absolute Gasteiger partial charge is 0.497 e. The van der Waals surface area contributed by atoms with Crippen LogP contribution in [0.4, 0.5) is 0 Å². The summed E-state index contributed by atoms with van der Waals surface area (Å²) >= 11 is 0. The predicted octanol–water partition coefficient (Wildman–Crippen LogP) is 2.49. The molecule has 4 heteroatoms. The fourth-order valence-electron chi connectivity index (χ4n) is 2.51. The first-order valence-electron chi connectivity index (χ1n) is 7.39. The lowest BCUT2D eigenvalue weighted by Gasteiger charge is -2.07. The van der Waals surface area contributed by atoms with E-state index in [-0.39, 0.29) is 5.91 Å². The Morgan fingerprint density at radius 3 is 2.73 bits per heavy atom. The second-order valence-corrected chi connectivity index (χ2v) is 5.34. The van der Waals surface area contributed by atoms with Crippen molar-refractivity contribution in [3.63, 3.8) is 0 Å². The third-order valence-electron chi connectivity index (χ3n) is 3.77. The fraction of sp³-hybridized carbons (Fsp3) is 0.278. The highest BCUT2D eigenvalue weighted by Gasteiger charge is 2.13. The Hall–Kier alpha value is -2.49. The van der Waals surface area contributed by atoms with E-state index in [1.807, 2.05) is 36.4 Å². The molecule has 1 N–H and O–H groups in total. The Morgan fingerprint density at radius 2 is 1.95 bits per heavy atom. The average Bonchev–Trinajstić information content (AvgIpc) is 3.01. The van der Waals surface area contributed by atoms with Gasteiger partial charge < -0.3 is 14.8 Å². The molecule has 0 bridgehead atoms. The Morgan fingerprint density at radius 1 is 1.18 bits per heavy atom. The van der Waals surface area contributed by atoms with E-state index in [4.69, 9.17) is 9.47 Å². The van der Waals surface area contributed by atoms with Crippen LogP contribution in [0.25, 0.3) is 0 Å². The lowest BCUT2D eigenvalue weighted by Crippen LogP contribution is -2.24. The van der Waals surface area contributed by atoms with Crippen molar-refractivity contribution >= 4 is 5.91 Å². The number of carbonyl (C=O) groups is 1. The molecule has 114 valence electrons. The molecule has 3 rings (SSSR count).